The van der Waals surface area contributed by atoms with Crippen LogP contribution in [0.15, 0.2) is 48.5 Å². The first-order valence-corrected chi connectivity index (χ1v) is 10.7. The van der Waals surface area contributed by atoms with E-state index in [0.29, 0.717) is 10.0 Å². The maximum atomic E-state index is 6.54. The number of hydrogen-bond donors (Lipinski definition) is 1. The molecule has 30 heavy (non-hydrogen) atoms. The molecule has 5 rings (SSSR count). The van der Waals surface area contributed by atoms with Crippen molar-refractivity contribution in [2.75, 3.05) is 5.32 Å². The number of aromatic nitrogens is 3. The number of nitrogens with zero attached hydrogens (tertiary/aromatic N) is 3. The largest absolute Gasteiger partial charge is 0.359 e. The lowest BCUT2D eigenvalue weighted by molar-refractivity contribution is 0.567. The molecule has 1 N–H and O–H groups in total. The van der Waals surface area contributed by atoms with Gasteiger partial charge in [-0.25, -0.2) is 4.68 Å². The number of rotatable bonds is 2. The Kier molecular flexibility index (Phi) is 4.46. The van der Waals surface area contributed by atoms with Crippen molar-refractivity contribution in [3.63, 3.8) is 0 Å². The number of aryl methyl sites for hydroxylation is 3. The Labute approximate surface area is 186 Å². The third kappa shape index (κ3) is 2.86. The Bertz CT molecular complexity index is 1300. The van der Waals surface area contributed by atoms with Gasteiger partial charge in [0.05, 0.1) is 22.1 Å². The molecule has 1 aliphatic heterocycles. The molecule has 0 amide bonds. The molecule has 0 radical (unpaired) electrons. The Hall–Kier alpha value is -2.69. The molecule has 0 saturated heterocycles. The van der Waals surface area contributed by atoms with E-state index in [1.54, 1.807) is 6.07 Å². The van der Waals surface area contributed by atoms with E-state index in [0.717, 1.165) is 39.7 Å². The average Bonchev–Trinajstić information content (AvgIpc) is 3.22. The van der Waals surface area contributed by atoms with Gasteiger partial charge >= 0.3 is 0 Å². The molecular weight excluding hydrogens is 415 g/mol. The smallest absolute Gasteiger partial charge is 0.149 e. The predicted octanol–water partition coefficient (Wildman–Crippen LogP) is 6.85. The summed E-state index contributed by atoms with van der Waals surface area (Å²) in [5, 5.41) is 9.82. The van der Waals surface area contributed by atoms with Crippen molar-refractivity contribution in [3.05, 3.63) is 86.8 Å². The van der Waals surface area contributed by atoms with Crippen LogP contribution in [0.4, 0.5) is 5.69 Å². The van der Waals surface area contributed by atoms with E-state index in [4.69, 9.17) is 28.3 Å². The summed E-state index contributed by atoms with van der Waals surface area (Å²) in [7, 11) is 0. The Morgan fingerprint density at radius 2 is 1.77 bits per heavy atom. The van der Waals surface area contributed by atoms with Crippen molar-refractivity contribution in [3.8, 4) is 16.9 Å². The summed E-state index contributed by atoms with van der Waals surface area (Å²) < 4.78 is 4.27. The summed E-state index contributed by atoms with van der Waals surface area (Å²) in [6.45, 7) is 8.39. The number of halogens is 2. The molecule has 0 fully saturated rings. The summed E-state index contributed by atoms with van der Waals surface area (Å²) >= 11 is 12.7. The van der Waals surface area contributed by atoms with Gasteiger partial charge in [-0.3, -0.25) is 0 Å². The lowest BCUT2D eigenvalue weighted by Crippen LogP contribution is -2.26. The van der Waals surface area contributed by atoms with Gasteiger partial charge in [0, 0.05) is 33.2 Å². The van der Waals surface area contributed by atoms with E-state index in [1.807, 2.05) is 19.1 Å². The van der Waals surface area contributed by atoms with Crippen LogP contribution >= 0.6 is 23.2 Å². The van der Waals surface area contributed by atoms with Gasteiger partial charge in [0.1, 0.15) is 6.17 Å². The van der Waals surface area contributed by atoms with Gasteiger partial charge in [-0.1, -0.05) is 41.4 Å². The minimum atomic E-state index is -0.103. The quantitative estimate of drug-likeness (QED) is 0.372. The second-order valence-electron chi connectivity index (χ2n) is 7.92. The van der Waals surface area contributed by atoms with Crippen LogP contribution in [0, 0.1) is 27.7 Å². The van der Waals surface area contributed by atoms with Gasteiger partial charge in [-0.05, 0) is 63.6 Å². The third-order valence-corrected chi connectivity index (χ3v) is 6.39. The van der Waals surface area contributed by atoms with Crippen LogP contribution in [0.25, 0.3) is 16.9 Å². The second kappa shape index (κ2) is 6.93. The first kappa shape index (κ1) is 19.3. The van der Waals surface area contributed by atoms with E-state index in [1.165, 1.54) is 11.1 Å². The zero-order valence-corrected chi connectivity index (χ0v) is 18.8. The molecule has 0 aliphatic carbocycles. The number of benzene rings is 2. The van der Waals surface area contributed by atoms with E-state index in [-0.39, 0.29) is 6.17 Å². The van der Waals surface area contributed by atoms with Gasteiger partial charge in [-0.15, -0.1) is 0 Å². The van der Waals surface area contributed by atoms with Crippen molar-refractivity contribution in [1.29, 1.82) is 0 Å². The van der Waals surface area contributed by atoms with Crippen LogP contribution in [0.3, 0.4) is 0 Å². The summed E-state index contributed by atoms with van der Waals surface area (Å²) in [5.41, 5.74) is 10.00. The topological polar surface area (TPSA) is 34.8 Å². The molecule has 1 unspecified atom stereocenters. The van der Waals surface area contributed by atoms with E-state index < -0.39 is 0 Å². The summed E-state index contributed by atoms with van der Waals surface area (Å²) in [6.07, 6.45) is -0.103. The zero-order chi connectivity index (χ0) is 21.2. The Balaban J connectivity index is 1.70. The first-order valence-electron chi connectivity index (χ1n) is 9.92. The molecule has 6 heteroatoms. The van der Waals surface area contributed by atoms with Crippen LogP contribution in [0.1, 0.15) is 34.4 Å². The highest BCUT2D eigenvalue weighted by Crippen LogP contribution is 2.42. The molecule has 1 atom stereocenters. The second-order valence-corrected chi connectivity index (χ2v) is 8.76. The summed E-state index contributed by atoms with van der Waals surface area (Å²) in [5.74, 6) is 0. The molecule has 3 heterocycles. The third-order valence-electron chi connectivity index (χ3n) is 5.85. The van der Waals surface area contributed by atoms with Crippen LogP contribution < -0.4 is 5.32 Å². The molecule has 0 saturated carbocycles. The van der Waals surface area contributed by atoms with Crippen molar-refractivity contribution in [1.82, 2.24) is 14.3 Å². The number of anilines is 1. The highest BCUT2D eigenvalue weighted by atomic mass is 35.5. The van der Waals surface area contributed by atoms with Gasteiger partial charge in [0.2, 0.25) is 0 Å². The maximum Gasteiger partial charge on any atom is 0.149 e. The van der Waals surface area contributed by atoms with Crippen LogP contribution in [-0.2, 0) is 0 Å². The number of hydrogen-bond acceptors (Lipinski definition) is 2. The maximum absolute atomic E-state index is 6.54. The number of fused-ring (bicyclic) bond motifs is 3. The SMILES string of the molecule is Cc1cc2n(n1)C(c1cc(C)n(-c3ccc(Cl)cc3Cl)c1C)Nc1c(C)cccc1-2. The van der Waals surface area contributed by atoms with E-state index in [9.17, 15) is 0 Å². The fraction of sp³-hybridized carbons (Fsp3) is 0.208. The first-order chi connectivity index (χ1) is 14.3. The molecule has 2 aromatic carbocycles. The predicted molar refractivity (Wildman–Crippen MR) is 124 cm³/mol. The minimum Gasteiger partial charge on any atom is -0.359 e. The minimum absolute atomic E-state index is 0.103. The van der Waals surface area contributed by atoms with Crippen molar-refractivity contribution >= 4 is 28.9 Å². The molecular formula is C24H22Cl2N4. The molecule has 2 aromatic heterocycles. The number of para-hydroxylation sites is 1. The summed E-state index contributed by atoms with van der Waals surface area (Å²) in [4.78, 5) is 0. The van der Waals surface area contributed by atoms with Crippen LogP contribution in [0.2, 0.25) is 10.0 Å². The van der Waals surface area contributed by atoms with Gasteiger partial charge in [0.25, 0.3) is 0 Å². The molecule has 0 bridgehead atoms. The summed E-state index contributed by atoms with van der Waals surface area (Å²) in [6, 6.07) is 16.4. The monoisotopic (exact) mass is 436 g/mol. The van der Waals surface area contributed by atoms with Crippen molar-refractivity contribution in [2.45, 2.75) is 33.9 Å². The molecule has 4 nitrogen and oxygen atoms in total. The lowest BCUT2D eigenvalue weighted by Gasteiger charge is -2.30. The highest BCUT2D eigenvalue weighted by Gasteiger charge is 2.30. The van der Waals surface area contributed by atoms with Gasteiger partial charge in [-0.2, -0.15) is 5.10 Å². The van der Waals surface area contributed by atoms with Crippen molar-refractivity contribution < 1.29 is 0 Å². The fourth-order valence-electron chi connectivity index (χ4n) is 4.49. The van der Waals surface area contributed by atoms with E-state index in [2.05, 4.69) is 65.7 Å². The molecule has 1 aliphatic rings. The number of nitrogens with one attached hydrogen (secondary N) is 1. The Morgan fingerprint density at radius 1 is 0.967 bits per heavy atom. The normalized spacial score (nSPS) is 14.9. The average molecular weight is 437 g/mol. The van der Waals surface area contributed by atoms with E-state index >= 15 is 0 Å². The fourth-order valence-corrected chi connectivity index (χ4v) is 4.99. The van der Waals surface area contributed by atoms with Crippen molar-refractivity contribution in [2.24, 2.45) is 0 Å². The molecule has 0 spiro atoms. The van der Waals surface area contributed by atoms with Crippen LogP contribution in [-0.4, -0.2) is 14.3 Å². The van der Waals surface area contributed by atoms with Crippen LogP contribution in [0.5, 0.6) is 0 Å². The highest BCUT2D eigenvalue weighted by molar-refractivity contribution is 6.35. The molecule has 4 aromatic rings. The van der Waals surface area contributed by atoms with Gasteiger partial charge < -0.3 is 9.88 Å². The standard InChI is InChI=1S/C24H22Cl2N4/c1-13-6-5-7-18-22-10-14(2)28-30(22)24(27-23(13)18)19-11-15(3)29(16(19)4)21-9-8-17(25)12-20(21)26/h5-12,24,27H,1-4H3. The molecule has 152 valence electrons. The Morgan fingerprint density at radius 3 is 2.53 bits per heavy atom. The zero-order valence-electron chi connectivity index (χ0n) is 17.3. The van der Waals surface area contributed by atoms with Gasteiger partial charge in [0.15, 0.2) is 0 Å². The lowest BCUT2D eigenvalue weighted by atomic mass is 10.0.